The molecule has 0 aliphatic rings. The molecule has 104 valence electrons. The number of amides is 1. The normalized spacial score (nSPS) is 11.9. The van der Waals surface area contributed by atoms with Crippen molar-refractivity contribution >= 4 is 61.7 Å². The molecule has 0 aliphatic carbocycles. The number of halogens is 2. The van der Waals surface area contributed by atoms with E-state index < -0.39 is 17.9 Å². The van der Waals surface area contributed by atoms with Crippen molar-refractivity contribution < 1.29 is 14.7 Å². The molecule has 2 N–H and O–H groups in total. The first-order valence-corrected chi connectivity index (χ1v) is 8.26. The van der Waals surface area contributed by atoms with Gasteiger partial charge in [-0.3, -0.25) is 4.79 Å². The van der Waals surface area contributed by atoms with Crippen molar-refractivity contribution in [1.82, 2.24) is 5.32 Å². The van der Waals surface area contributed by atoms with Gasteiger partial charge in [0.05, 0.1) is 5.56 Å². The van der Waals surface area contributed by atoms with Crippen molar-refractivity contribution in [2.45, 2.75) is 6.04 Å². The summed E-state index contributed by atoms with van der Waals surface area (Å²) in [6.07, 6.45) is 0. The van der Waals surface area contributed by atoms with Gasteiger partial charge >= 0.3 is 5.97 Å². The van der Waals surface area contributed by atoms with Crippen LogP contribution in [0.5, 0.6) is 0 Å². The molecule has 1 aromatic heterocycles. The molecule has 4 nitrogen and oxygen atoms in total. The predicted molar refractivity (Wildman–Crippen MR) is 89.0 cm³/mol. The topological polar surface area (TPSA) is 66.4 Å². The summed E-state index contributed by atoms with van der Waals surface area (Å²) in [5.41, 5.74) is 0.416. The van der Waals surface area contributed by atoms with Crippen LogP contribution >= 0.6 is 49.9 Å². The molecule has 20 heavy (non-hydrogen) atoms. The highest BCUT2D eigenvalue weighted by atomic mass is 127. The molecule has 0 saturated heterocycles. The number of hydrogen-bond donors (Lipinski definition) is 2. The lowest BCUT2D eigenvalue weighted by Crippen LogP contribution is -2.33. The van der Waals surface area contributed by atoms with Gasteiger partial charge in [0, 0.05) is 12.9 Å². The van der Waals surface area contributed by atoms with Crippen LogP contribution in [0.3, 0.4) is 0 Å². The molecular formula is C13H9BrINO3S. The van der Waals surface area contributed by atoms with Crippen LogP contribution in [-0.4, -0.2) is 17.0 Å². The highest BCUT2D eigenvalue weighted by molar-refractivity contribution is 14.1. The molecular weight excluding hydrogens is 457 g/mol. The van der Waals surface area contributed by atoms with E-state index in [1.807, 2.05) is 6.07 Å². The van der Waals surface area contributed by atoms with Crippen LogP contribution in [0, 0.1) is 3.57 Å². The summed E-state index contributed by atoms with van der Waals surface area (Å²) < 4.78 is 1.53. The number of thiophene rings is 1. The summed E-state index contributed by atoms with van der Waals surface area (Å²) in [7, 11) is 0. The lowest BCUT2D eigenvalue weighted by Gasteiger charge is -2.14. The number of nitrogens with one attached hydrogen (secondary N) is 1. The predicted octanol–water partition coefficient (Wildman–Crippen LogP) is 3.67. The second-order valence-corrected chi connectivity index (χ2v) is 6.96. The number of carbonyl (C=O) groups excluding carboxylic acids is 1. The maximum Gasteiger partial charge on any atom is 0.331 e. The smallest absolute Gasteiger partial charge is 0.331 e. The molecule has 2 rings (SSSR count). The zero-order valence-electron chi connectivity index (χ0n) is 9.97. The summed E-state index contributed by atoms with van der Waals surface area (Å²) >= 11 is 6.69. The van der Waals surface area contributed by atoms with Crippen molar-refractivity contribution in [3.8, 4) is 0 Å². The summed E-state index contributed by atoms with van der Waals surface area (Å²) in [6, 6.07) is 7.73. The minimum Gasteiger partial charge on any atom is -0.479 e. The zero-order valence-corrected chi connectivity index (χ0v) is 14.5. The number of hydrogen-bond acceptors (Lipinski definition) is 3. The van der Waals surface area contributed by atoms with Crippen molar-refractivity contribution in [3.05, 3.63) is 54.2 Å². The van der Waals surface area contributed by atoms with Crippen molar-refractivity contribution in [2.75, 3.05) is 0 Å². The zero-order chi connectivity index (χ0) is 14.7. The minimum atomic E-state index is -1.08. The van der Waals surface area contributed by atoms with Crippen LogP contribution in [0.4, 0.5) is 0 Å². The van der Waals surface area contributed by atoms with E-state index in [1.54, 1.807) is 29.6 Å². The SMILES string of the molecule is O=C(NC(C(=O)O)c1cccs1)c1cc(I)ccc1Br. The lowest BCUT2D eigenvalue weighted by molar-refractivity contribution is -0.139. The average molecular weight is 466 g/mol. The highest BCUT2D eigenvalue weighted by Gasteiger charge is 2.24. The molecule has 1 amide bonds. The third-order valence-corrected chi connectivity index (χ3v) is 4.82. The van der Waals surface area contributed by atoms with E-state index >= 15 is 0 Å². The number of benzene rings is 1. The number of carboxylic acid groups (broad SMARTS) is 1. The van der Waals surface area contributed by atoms with E-state index in [2.05, 4.69) is 43.8 Å². The Morgan fingerprint density at radius 1 is 1.35 bits per heavy atom. The summed E-state index contributed by atoms with van der Waals surface area (Å²) in [5, 5.41) is 13.6. The number of carboxylic acids is 1. The van der Waals surface area contributed by atoms with E-state index in [9.17, 15) is 14.7 Å². The van der Waals surface area contributed by atoms with Crippen LogP contribution in [0.2, 0.25) is 0 Å². The van der Waals surface area contributed by atoms with Crippen LogP contribution in [-0.2, 0) is 4.79 Å². The Labute approximate surface area is 141 Å². The van der Waals surface area contributed by atoms with E-state index in [-0.39, 0.29) is 0 Å². The fourth-order valence-electron chi connectivity index (χ4n) is 1.59. The quantitative estimate of drug-likeness (QED) is 0.677. The van der Waals surface area contributed by atoms with Gasteiger partial charge in [0.15, 0.2) is 6.04 Å². The Balaban J connectivity index is 2.25. The van der Waals surface area contributed by atoms with Gasteiger partial charge in [0.1, 0.15) is 0 Å². The molecule has 1 heterocycles. The van der Waals surface area contributed by atoms with Gasteiger partial charge in [-0.1, -0.05) is 6.07 Å². The molecule has 0 bridgehead atoms. The fraction of sp³-hybridized carbons (Fsp3) is 0.0769. The van der Waals surface area contributed by atoms with Crippen molar-refractivity contribution in [1.29, 1.82) is 0 Å². The minimum absolute atomic E-state index is 0.416. The third kappa shape index (κ3) is 3.58. The van der Waals surface area contributed by atoms with Gasteiger partial charge in [-0.25, -0.2) is 4.79 Å². The van der Waals surface area contributed by atoms with Gasteiger partial charge in [-0.15, -0.1) is 11.3 Å². The van der Waals surface area contributed by atoms with Gasteiger partial charge in [-0.05, 0) is 68.2 Å². The second kappa shape index (κ2) is 6.68. The first-order chi connectivity index (χ1) is 9.49. The largest absolute Gasteiger partial charge is 0.479 e. The van der Waals surface area contributed by atoms with Crippen molar-refractivity contribution in [2.24, 2.45) is 0 Å². The van der Waals surface area contributed by atoms with Crippen LogP contribution in [0.1, 0.15) is 21.3 Å². The van der Waals surface area contributed by atoms with Crippen LogP contribution < -0.4 is 5.32 Å². The molecule has 1 unspecified atom stereocenters. The Kier molecular flexibility index (Phi) is 5.17. The standard InChI is InChI=1S/C13H9BrINO3S/c14-9-4-3-7(15)6-8(9)12(17)16-11(13(18)19)10-2-1-5-20-10/h1-6,11H,(H,16,17)(H,18,19). The summed E-state index contributed by atoms with van der Waals surface area (Å²) in [5.74, 6) is -1.50. The van der Waals surface area contributed by atoms with Gasteiger partial charge in [0.2, 0.25) is 0 Å². The number of carbonyl (C=O) groups is 2. The Morgan fingerprint density at radius 2 is 2.10 bits per heavy atom. The molecule has 0 spiro atoms. The number of rotatable bonds is 4. The maximum atomic E-state index is 12.2. The highest BCUT2D eigenvalue weighted by Crippen LogP contribution is 2.23. The molecule has 2 aromatic rings. The van der Waals surface area contributed by atoms with Gasteiger partial charge in [0.25, 0.3) is 5.91 Å². The van der Waals surface area contributed by atoms with Gasteiger partial charge < -0.3 is 10.4 Å². The summed E-state index contributed by atoms with van der Waals surface area (Å²) in [6.45, 7) is 0. The fourth-order valence-corrected chi connectivity index (χ4v) is 3.28. The van der Waals surface area contributed by atoms with Crippen LogP contribution in [0.15, 0.2) is 40.2 Å². The molecule has 1 atom stereocenters. The van der Waals surface area contributed by atoms with E-state index in [0.717, 1.165) is 3.57 Å². The molecule has 1 aromatic carbocycles. The van der Waals surface area contributed by atoms with Crippen molar-refractivity contribution in [3.63, 3.8) is 0 Å². The van der Waals surface area contributed by atoms with Gasteiger partial charge in [-0.2, -0.15) is 0 Å². The third-order valence-electron chi connectivity index (χ3n) is 2.52. The Bertz CT molecular complexity index is 645. The van der Waals surface area contributed by atoms with E-state index in [4.69, 9.17) is 0 Å². The summed E-state index contributed by atoms with van der Waals surface area (Å²) in [4.78, 5) is 24.1. The Hall–Kier alpha value is -0.930. The molecule has 0 saturated carbocycles. The monoisotopic (exact) mass is 465 g/mol. The Morgan fingerprint density at radius 3 is 2.70 bits per heavy atom. The van der Waals surface area contributed by atoms with E-state index in [0.29, 0.717) is 14.9 Å². The average Bonchev–Trinajstić information content (AvgIpc) is 2.91. The lowest BCUT2D eigenvalue weighted by atomic mass is 10.2. The second-order valence-electron chi connectivity index (χ2n) is 3.88. The molecule has 7 heteroatoms. The molecule has 0 radical (unpaired) electrons. The maximum absolute atomic E-state index is 12.2. The van der Waals surface area contributed by atoms with Crippen LogP contribution in [0.25, 0.3) is 0 Å². The first-order valence-electron chi connectivity index (χ1n) is 5.51. The number of aliphatic carboxylic acids is 1. The van der Waals surface area contributed by atoms with E-state index in [1.165, 1.54) is 11.3 Å². The first kappa shape index (κ1) is 15.5. The molecule has 0 fully saturated rings. The molecule has 0 aliphatic heterocycles.